The number of hydrogen-bond acceptors (Lipinski definition) is 16. The topological polar surface area (TPSA) is 383 Å². The van der Waals surface area contributed by atoms with Gasteiger partial charge in [-0.05, 0) is 86.0 Å². The molecule has 10 N–H and O–H groups in total. The van der Waals surface area contributed by atoms with Crippen LogP contribution in [0.2, 0.25) is 0 Å². The Kier molecular flexibility index (Phi) is 36.8. The number of aromatic amines is 3. The molecule has 3 aromatic heterocycles. The van der Waals surface area contributed by atoms with E-state index >= 15 is 0 Å². The van der Waals surface area contributed by atoms with Gasteiger partial charge in [0.25, 0.3) is 0 Å². The normalized spacial score (nSPS) is 15.3. The van der Waals surface area contributed by atoms with E-state index in [1.807, 2.05) is 120 Å². The third-order valence-corrected chi connectivity index (χ3v) is 18.4. The SMILES string of the molecule is CNC(=O)[C@@H](CC(=O)[C@H](CO)NC(=O)[C@@H](CC(=O)[C@H](CC(C)C)NC(=O)[C@@H](CC(=O)[C@H](Cc1cnc[nH]1)NC(=O)C(CC(=O)[C@H](CC(C)C)NC(=O)[C@H](C)CC(=O)[C@H](Cc1cnc[nH]1)NC(=O)[C@@H](CC(=O)[C@@H](C)CC(C)C)Cc1ccccc1)CC(C)C)CC(C)C)Cc1cnc[nH]1)CC(C)C. The molecule has 0 spiro atoms. The number of imidazole rings is 3. The molecule has 1 unspecified atom stereocenters. The Hall–Kier alpha value is -8.35. The Morgan fingerprint density at radius 3 is 1.06 bits per heavy atom. The maximum atomic E-state index is 14.9. The van der Waals surface area contributed by atoms with Crippen LogP contribution >= 0.6 is 0 Å². The van der Waals surface area contributed by atoms with Gasteiger partial charge in [0, 0.05) is 136 Å². The molecule has 25 heteroatoms. The zero-order valence-electron chi connectivity index (χ0n) is 63.0. The summed E-state index contributed by atoms with van der Waals surface area (Å²) in [5.74, 6) is -11.9. The quantitative estimate of drug-likeness (QED) is 0.0203. The van der Waals surface area contributed by atoms with E-state index in [1.54, 1.807) is 6.92 Å². The lowest BCUT2D eigenvalue weighted by Crippen LogP contribution is -2.50. The van der Waals surface area contributed by atoms with Crippen LogP contribution in [-0.4, -0.2) is 149 Å². The highest BCUT2D eigenvalue weighted by molar-refractivity contribution is 5.99. The molecule has 0 aliphatic carbocycles. The van der Waals surface area contributed by atoms with E-state index in [0.29, 0.717) is 29.9 Å². The van der Waals surface area contributed by atoms with Gasteiger partial charge in [0.2, 0.25) is 35.4 Å². The smallest absolute Gasteiger partial charge is 0.224 e. The number of carbonyl (C=O) groups is 12. The highest BCUT2D eigenvalue weighted by Crippen LogP contribution is 2.26. The lowest BCUT2D eigenvalue weighted by molar-refractivity contribution is -0.137. The zero-order chi connectivity index (χ0) is 75.9. The van der Waals surface area contributed by atoms with Crippen LogP contribution in [0, 0.1) is 76.9 Å². The van der Waals surface area contributed by atoms with E-state index in [2.05, 4.69) is 61.8 Å². The van der Waals surface area contributed by atoms with Crippen LogP contribution in [0.1, 0.15) is 197 Å². The number of Topliss-reactive ketones (excluding diaryl/α,β-unsaturated/α-hetero) is 6. The second-order valence-corrected chi connectivity index (χ2v) is 30.7. The average molecular weight is 1420 g/mol. The summed E-state index contributed by atoms with van der Waals surface area (Å²) in [5.41, 5.74) is 2.40. The van der Waals surface area contributed by atoms with Crippen LogP contribution < -0.4 is 31.9 Å². The van der Waals surface area contributed by atoms with Gasteiger partial charge >= 0.3 is 0 Å². The first kappa shape index (κ1) is 86.1. The van der Waals surface area contributed by atoms with Crippen molar-refractivity contribution in [3.63, 3.8) is 0 Å². The van der Waals surface area contributed by atoms with Crippen LogP contribution in [0.25, 0.3) is 0 Å². The van der Waals surface area contributed by atoms with Crippen molar-refractivity contribution in [2.24, 2.45) is 76.9 Å². The van der Waals surface area contributed by atoms with Gasteiger partial charge in [-0.2, -0.15) is 0 Å². The number of nitrogens with one attached hydrogen (secondary N) is 9. The summed E-state index contributed by atoms with van der Waals surface area (Å²) in [6, 6.07) is 3.39. The Morgan fingerprint density at radius 2 is 0.667 bits per heavy atom. The van der Waals surface area contributed by atoms with Crippen molar-refractivity contribution in [1.29, 1.82) is 0 Å². The van der Waals surface area contributed by atoms with Crippen molar-refractivity contribution in [2.75, 3.05) is 13.7 Å². The van der Waals surface area contributed by atoms with Crippen molar-refractivity contribution in [3.8, 4) is 0 Å². The summed E-state index contributed by atoms with van der Waals surface area (Å²) in [6.07, 6.45) is 9.12. The summed E-state index contributed by atoms with van der Waals surface area (Å²) in [5, 5.41) is 27.3. The summed E-state index contributed by atoms with van der Waals surface area (Å²) in [4.78, 5) is 192. The fourth-order valence-electron chi connectivity index (χ4n) is 13.1. The Balaban J connectivity index is 1.55. The first-order valence-electron chi connectivity index (χ1n) is 36.6. The number of carbonyl (C=O) groups excluding carboxylic acids is 12. The molecule has 1 aromatic carbocycles. The molecule has 12 atom stereocenters. The molecule has 25 nitrogen and oxygen atoms in total. The van der Waals surface area contributed by atoms with E-state index in [9.17, 15) is 62.6 Å². The van der Waals surface area contributed by atoms with Crippen LogP contribution in [0.5, 0.6) is 0 Å². The first-order valence-corrected chi connectivity index (χ1v) is 36.6. The number of ketones is 6. The number of aliphatic hydroxyl groups is 1. The maximum absolute atomic E-state index is 14.9. The number of nitrogens with zero attached hydrogens (tertiary/aromatic N) is 3. The highest BCUT2D eigenvalue weighted by Gasteiger charge is 2.38. The molecule has 0 fully saturated rings. The molecule has 102 heavy (non-hydrogen) atoms. The highest BCUT2D eigenvalue weighted by atomic mass is 16.3. The Labute approximate surface area is 603 Å². The summed E-state index contributed by atoms with van der Waals surface area (Å²) in [7, 11) is 1.47. The van der Waals surface area contributed by atoms with Crippen molar-refractivity contribution < 1.29 is 62.6 Å². The van der Waals surface area contributed by atoms with Gasteiger partial charge in [0.05, 0.1) is 55.7 Å². The molecule has 4 rings (SSSR count). The maximum Gasteiger partial charge on any atom is 0.224 e. The molecule has 0 radical (unpaired) electrons. The van der Waals surface area contributed by atoms with Crippen LogP contribution in [0.4, 0.5) is 0 Å². The van der Waals surface area contributed by atoms with Gasteiger partial charge in [-0.15, -0.1) is 0 Å². The van der Waals surface area contributed by atoms with Crippen LogP contribution in [-0.2, 0) is 83.2 Å². The molecule has 0 aliphatic rings. The second-order valence-electron chi connectivity index (χ2n) is 30.7. The molecule has 0 saturated heterocycles. The largest absolute Gasteiger partial charge is 0.394 e. The molecular weight excluding hydrogens is 1300 g/mol. The van der Waals surface area contributed by atoms with Crippen molar-refractivity contribution >= 4 is 70.1 Å². The van der Waals surface area contributed by atoms with E-state index in [-0.39, 0.29) is 137 Å². The molecule has 6 amide bonds. The Morgan fingerprint density at radius 1 is 0.343 bits per heavy atom. The summed E-state index contributed by atoms with van der Waals surface area (Å²) in [6.45, 7) is 25.6. The second kappa shape index (κ2) is 43.6. The fraction of sp³-hybridized carbons (Fsp3) is 0.649. The number of amides is 6. The van der Waals surface area contributed by atoms with Gasteiger partial charge in [-0.25, -0.2) is 15.0 Å². The standard InChI is InChI=1S/C77H118N12O13/c1-44(2)21-50(13)66(91)30-56(28-52-19-17-16-18-20-52)76(101)87-63(35-59-38-80-42-83-59)67(92)27-51(14)72(97)85-61(25-48(9)10)68(93)32-54(23-46(5)6)75(100)88-64(36-60-39-81-43-84-60)70(95)33-55(24-47(7)8)74(99)86-62(26-49(11)12)69(94)34-57(29-58-37-79-41-82-58)77(102)89-65(40-90)71(96)31-53(22-45(3)4)73(98)78-15/h16-20,37-39,41-51,53-57,61-65,90H,21-36,40H2,1-15H3,(H,78,98)(H,79,82)(H,80,83)(H,81,84)(H,85,97)(H,86,99)(H,87,101)(H,88,100)(H,89,102)/t50-,51+,53+,54?,55+,56+,57+,61-,62-,63-,64-,65-/m0/s1. The predicted octanol–water partition coefficient (Wildman–Crippen LogP) is 7.67. The lowest BCUT2D eigenvalue weighted by Gasteiger charge is -2.28. The molecular formula is C77H118N12O13. The van der Waals surface area contributed by atoms with Crippen molar-refractivity contribution in [3.05, 3.63) is 90.5 Å². The minimum absolute atomic E-state index is 0.0248. The van der Waals surface area contributed by atoms with Gasteiger partial charge in [0.1, 0.15) is 11.8 Å². The van der Waals surface area contributed by atoms with Gasteiger partial charge in [0.15, 0.2) is 28.9 Å². The predicted molar refractivity (Wildman–Crippen MR) is 388 cm³/mol. The Bertz CT molecular complexity index is 3290. The van der Waals surface area contributed by atoms with Crippen molar-refractivity contribution in [1.82, 2.24) is 61.8 Å². The summed E-state index contributed by atoms with van der Waals surface area (Å²) < 4.78 is 0. The number of rotatable bonds is 50. The fourth-order valence-corrected chi connectivity index (χ4v) is 13.1. The van der Waals surface area contributed by atoms with E-state index in [1.165, 1.54) is 44.6 Å². The van der Waals surface area contributed by atoms with E-state index < -0.39 is 137 Å². The molecule has 564 valence electrons. The van der Waals surface area contributed by atoms with Gasteiger partial charge in [-0.3, -0.25) is 57.5 Å². The molecule has 0 bridgehead atoms. The zero-order valence-corrected chi connectivity index (χ0v) is 63.0. The van der Waals surface area contributed by atoms with E-state index in [4.69, 9.17) is 0 Å². The molecule has 0 aliphatic heterocycles. The monoisotopic (exact) mass is 1420 g/mol. The van der Waals surface area contributed by atoms with Crippen molar-refractivity contribution in [2.45, 2.75) is 230 Å². The minimum Gasteiger partial charge on any atom is -0.394 e. The number of aromatic nitrogens is 6. The van der Waals surface area contributed by atoms with E-state index in [0.717, 1.165) is 5.56 Å². The number of benzene rings is 1. The molecule has 0 saturated carbocycles. The van der Waals surface area contributed by atoms with Gasteiger partial charge in [-0.1, -0.05) is 127 Å². The molecule has 3 heterocycles. The van der Waals surface area contributed by atoms with Gasteiger partial charge < -0.3 is 52.0 Å². The lowest BCUT2D eigenvalue weighted by atomic mass is 9.86. The summed E-state index contributed by atoms with van der Waals surface area (Å²) >= 11 is 0. The number of aliphatic hydroxyl groups excluding tert-OH is 1. The third kappa shape index (κ3) is 30.7. The van der Waals surface area contributed by atoms with Crippen LogP contribution in [0.15, 0.2) is 67.9 Å². The molecule has 4 aromatic rings. The first-order chi connectivity index (χ1) is 48.2. The number of hydrogen-bond donors (Lipinski definition) is 10. The number of H-pyrrole nitrogens is 3. The average Bonchev–Trinajstić information content (AvgIpc) is 1.52. The minimum atomic E-state index is -1.38. The van der Waals surface area contributed by atoms with Crippen LogP contribution in [0.3, 0.4) is 0 Å². The third-order valence-electron chi connectivity index (χ3n) is 18.4.